The summed E-state index contributed by atoms with van der Waals surface area (Å²) < 4.78 is 0. The van der Waals surface area contributed by atoms with Crippen LogP contribution in [0.3, 0.4) is 0 Å². The van der Waals surface area contributed by atoms with E-state index >= 15 is 0 Å². The topological polar surface area (TPSA) is 38.9 Å². The maximum Gasteiger partial charge on any atom is 0.134 e. The third kappa shape index (κ3) is 2.16. The second kappa shape index (κ2) is 4.61. The summed E-state index contributed by atoms with van der Waals surface area (Å²) >= 11 is 8.34. The Morgan fingerprint density at radius 3 is 2.69 bits per heavy atom. The van der Waals surface area contributed by atoms with E-state index in [2.05, 4.69) is 24.9 Å². The van der Waals surface area contributed by atoms with E-state index in [4.69, 9.17) is 18.0 Å². The molecule has 0 saturated carbocycles. The van der Waals surface area contributed by atoms with Crippen molar-refractivity contribution in [1.82, 2.24) is 4.98 Å². The summed E-state index contributed by atoms with van der Waals surface area (Å²) in [4.78, 5) is 7.21. The second-order valence-electron chi connectivity index (χ2n) is 3.73. The van der Waals surface area contributed by atoms with Gasteiger partial charge in [0.15, 0.2) is 0 Å². The molecule has 2 nitrogen and oxygen atoms in total. The monoisotopic (exact) mass is 268 g/mol. The number of aromatic nitrogens is 1. The zero-order valence-electron chi connectivity index (χ0n) is 9.06. The lowest BCUT2D eigenvalue weighted by Gasteiger charge is -2.02. The summed E-state index contributed by atoms with van der Waals surface area (Å²) in [6.07, 6.45) is 0. The number of hydrogen-bond donors (Lipinski definition) is 1. The van der Waals surface area contributed by atoms with Crippen LogP contribution >= 0.6 is 34.9 Å². The van der Waals surface area contributed by atoms with Crippen LogP contribution in [0.4, 0.5) is 0 Å². The largest absolute Gasteiger partial charge is 0.389 e. The molecule has 0 aliphatic rings. The van der Waals surface area contributed by atoms with Crippen LogP contribution in [0.25, 0.3) is 9.88 Å². The Hall–Kier alpha value is -0.780. The average Bonchev–Trinajstić information content (AvgIpc) is 2.86. The van der Waals surface area contributed by atoms with Crippen LogP contribution in [0.15, 0.2) is 17.5 Å². The lowest BCUT2D eigenvalue weighted by Crippen LogP contribution is -2.10. The van der Waals surface area contributed by atoms with E-state index in [1.54, 1.807) is 22.7 Å². The smallest absolute Gasteiger partial charge is 0.134 e. The van der Waals surface area contributed by atoms with Crippen LogP contribution < -0.4 is 5.73 Å². The van der Waals surface area contributed by atoms with Gasteiger partial charge in [0.2, 0.25) is 0 Å². The highest BCUT2D eigenvalue weighted by atomic mass is 32.1. The number of thiazole rings is 1. The van der Waals surface area contributed by atoms with Crippen LogP contribution in [-0.4, -0.2) is 9.97 Å². The summed E-state index contributed by atoms with van der Waals surface area (Å²) in [7, 11) is 0. The lowest BCUT2D eigenvalue weighted by atomic mass is 10.1. The zero-order chi connectivity index (χ0) is 11.7. The Morgan fingerprint density at radius 2 is 2.25 bits per heavy atom. The van der Waals surface area contributed by atoms with Crippen molar-refractivity contribution in [2.75, 3.05) is 0 Å². The third-order valence-corrected chi connectivity index (χ3v) is 4.63. The van der Waals surface area contributed by atoms with Crippen molar-refractivity contribution >= 4 is 39.9 Å². The first-order valence-corrected chi connectivity index (χ1v) is 7.04. The van der Waals surface area contributed by atoms with Crippen molar-refractivity contribution < 1.29 is 0 Å². The molecule has 0 atom stereocenters. The van der Waals surface area contributed by atoms with E-state index in [1.807, 2.05) is 11.4 Å². The molecule has 16 heavy (non-hydrogen) atoms. The highest BCUT2D eigenvalue weighted by Crippen LogP contribution is 2.33. The fourth-order valence-electron chi connectivity index (χ4n) is 1.41. The first kappa shape index (κ1) is 11.7. The average molecular weight is 268 g/mol. The third-order valence-electron chi connectivity index (χ3n) is 2.16. The summed E-state index contributed by atoms with van der Waals surface area (Å²) in [6.45, 7) is 4.21. The Morgan fingerprint density at radius 1 is 1.50 bits per heavy atom. The van der Waals surface area contributed by atoms with Crippen molar-refractivity contribution in [2.45, 2.75) is 19.8 Å². The minimum Gasteiger partial charge on any atom is -0.389 e. The predicted molar refractivity (Wildman–Crippen MR) is 75.4 cm³/mol. The van der Waals surface area contributed by atoms with E-state index in [0.29, 0.717) is 10.9 Å². The van der Waals surface area contributed by atoms with Gasteiger partial charge >= 0.3 is 0 Å². The van der Waals surface area contributed by atoms with Gasteiger partial charge in [0.1, 0.15) is 10.00 Å². The molecule has 2 N–H and O–H groups in total. The summed E-state index contributed by atoms with van der Waals surface area (Å²) in [5.74, 6) is 0.349. The highest BCUT2D eigenvalue weighted by Gasteiger charge is 2.17. The molecule has 5 heteroatoms. The molecular weight excluding hydrogens is 256 g/mol. The quantitative estimate of drug-likeness (QED) is 0.864. The summed E-state index contributed by atoms with van der Waals surface area (Å²) in [6, 6.07) is 4.09. The van der Waals surface area contributed by atoms with Crippen molar-refractivity contribution in [3.63, 3.8) is 0 Å². The van der Waals surface area contributed by atoms with Crippen molar-refractivity contribution in [1.29, 1.82) is 0 Å². The van der Waals surface area contributed by atoms with Crippen LogP contribution in [0.1, 0.15) is 30.3 Å². The van der Waals surface area contributed by atoms with Crippen LogP contribution in [-0.2, 0) is 0 Å². The van der Waals surface area contributed by atoms with Gasteiger partial charge in [-0.15, -0.1) is 22.7 Å². The van der Waals surface area contributed by atoms with Gasteiger partial charge in [0.25, 0.3) is 0 Å². The maximum atomic E-state index is 5.72. The van der Waals surface area contributed by atoms with Gasteiger partial charge < -0.3 is 5.73 Å². The number of rotatable bonds is 3. The second-order valence-corrected chi connectivity index (χ2v) is 6.12. The molecule has 0 spiro atoms. The molecule has 0 saturated heterocycles. The molecular formula is C11H12N2S3. The molecule has 0 amide bonds. The van der Waals surface area contributed by atoms with Crippen molar-refractivity contribution in [3.8, 4) is 9.88 Å². The highest BCUT2D eigenvalue weighted by molar-refractivity contribution is 7.81. The molecule has 0 aliphatic carbocycles. The molecule has 2 aromatic heterocycles. The van der Waals surface area contributed by atoms with Gasteiger partial charge in [-0.2, -0.15) is 0 Å². The number of nitrogens with zero attached hydrogens (tertiary/aromatic N) is 1. The Kier molecular flexibility index (Phi) is 3.37. The molecule has 0 unspecified atom stereocenters. The maximum absolute atomic E-state index is 5.72. The molecule has 0 radical (unpaired) electrons. The van der Waals surface area contributed by atoms with Crippen LogP contribution in [0, 0.1) is 0 Å². The molecule has 0 aromatic carbocycles. The lowest BCUT2D eigenvalue weighted by molar-refractivity contribution is 0.832. The standard InChI is InChI=1S/C11H12N2S3/c1-6(2)8-9(10(12)14)16-11(13-8)7-4-3-5-15-7/h3-6H,1-2H3,(H2,12,14). The normalized spacial score (nSPS) is 10.9. The van der Waals surface area contributed by atoms with Gasteiger partial charge in [0, 0.05) is 0 Å². The predicted octanol–water partition coefficient (Wildman–Crippen LogP) is 3.63. The van der Waals surface area contributed by atoms with E-state index < -0.39 is 0 Å². The van der Waals surface area contributed by atoms with E-state index in [1.165, 1.54) is 4.88 Å². The minimum atomic E-state index is 0.349. The van der Waals surface area contributed by atoms with Gasteiger partial charge in [-0.05, 0) is 17.4 Å². The summed E-state index contributed by atoms with van der Waals surface area (Å²) in [5, 5.41) is 3.06. The van der Waals surface area contributed by atoms with Gasteiger partial charge in [-0.1, -0.05) is 32.1 Å². The number of nitrogens with two attached hydrogens (primary N) is 1. The minimum absolute atomic E-state index is 0.349. The Balaban J connectivity index is 2.51. The molecule has 84 valence electrons. The fourth-order valence-corrected chi connectivity index (χ4v) is 3.50. The van der Waals surface area contributed by atoms with Crippen LogP contribution in [0.2, 0.25) is 0 Å². The summed E-state index contributed by atoms with van der Waals surface area (Å²) in [5.41, 5.74) is 6.74. The SMILES string of the molecule is CC(C)c1nc(-c2cccs2)sc1C(N)=S. The number of thiophene rings is 1. The van der Waals surface area contributed by atoms with E-state index in [0.717, 1.165) is 15.6 Å². The van der Waals surface area contributed by atoms with Gasteiger partial charge in [0.05, 0.1) is 15.4 Å². The van der Waals surface area contributed by atoms with E-state index in [-0.39, 0.29) is 0 Å². The number of thiocarbonyl (C=S) groups is 1. The van der Waals surface area contributed by atoms with Gasteiger partial charge in [-0.25, -0.2) is 4.98 Å². The molecule has 2 aromatic rings. The number of hydrogen-bond acceptors (Lipinski definition) is 4. The molecule has 2 rings (SSSR count). The fraction of sp³-hybridized carbons (Fsp3) is 0.273. The van der Waals surface area contributed by atoms with Crippen molar-refractivity contribution in [2.24, 2.45) is 5.73 Å². The molecule has 0 aliphatic heterocycles. The Labute approximate surface area is 108 Å². The molecule has 0 fully saturated rings. The zero-order valence-corrected chi connectivity index (χ0v) is 11.5. The van der Waals surface area contributed by atoms with Gasteiger partial charge in [-0.3, -0.25) is 0 Å². The van der Waals surface area contributed by atoms with Crippen molar-refractivity contribution in [3.05, 3.63) is 28.1 Å². The Bertz CT molecular complexity index is 497. The molecule has 0 bridgehead atoms. The first-order chi connectivity index (χ1) is 7.59. The van der Waals surface area contributed by atoms with E-state index in [9.17, 15) is 0 Å². The molecule has 2 heterocycles. The van der Waals surface area contributed by atoms with Crippen LogP contribution in [0.5, 0.6) is 0 Å². The first-order valence-electron chi connectivity index (χ1n) is 4.94.